The number of carbonyl (C=O) groups is 2. The van der Waals surface area contributed by atoms with Crippen LogP contribution in [-0.4, -0.2) is 22.9 Å². The van der Waals surface area contributed by atoms with Gasteiger partial charge >= 0.3 is 6.03 Å². The number of benzene rings is 1. The Hall–Kier alpha value is -1.84. The molecule has 1 aromatic rings. The summed E-state index contributed by atoms with van der Waals surface area (Å²) in [5.74, 6) is 0.270. The average molecular weight is 300 g/mol. The van der Waals surface area contributed by atoms with Gasteiger partial charge in [-0.15, -0.1) is 0 Å². The molecule has 4 heteroatoms. The molecule has 1 aliphatic heterocycles. The molecule has 1 aliphatic carbocycles. The number of hydrogen-bond acceptors (Lipinski definition) is 2. The molecule has 1 aromatic carbocycles. The van der Waals surface area contributed by atoms with Gasteiger partial charge in [-0.05, 0) is 43.7 Å². The van der Waals surface area contributed by atoms with Crippen LogP contribution in [0.4, 0.5) is 4.79 Å². The van der Waals surface area contributed by atoms with Crippen molar-refractivity contribution in [2.75, 3.05) is 0 Å². The van der Waals surface area contributed by atoms with E-state index < -0.39 is 0 Å². The lowest BCUT2D eigenvalue weighted by Gasteiger charge is -2.25. The van der Waals surface area contributed by atoms with Crippen LogP contribution in [0, 0.1) is 19.8 Å². The molecule has 0 bridgehead atoms. The van der Waals surface area contributed by atoms with Gasteiger partial charge in [-0.2, -0.15) is 0 Å². The van der Waals surface area contributed by atoms with Crippen molar-refractivity contribution >= 4 is 11.9 Å². The number of urea groups is 1. The fraction of sp³-hybridized carbons (Fsp3) is 0.556. The zero-order chi connectivity index (χ0) is 15.7. The normalized spacial score (nSPS) is 23.0. The van der Waals surface area contributed by atoms with Crippen LogP contribution >= 0.6 is 0 Å². The summed E-state index contributed by atoms with van der Waals surface area (Å²) in [7, 11) is 0. The van der Waals surface area contributed by atoms with Crippen molar-refractivity contribution < 1.29 is 9.59 Å². The lowest BCUT2D eigenvalue weighted by Crippen LogP contribution is -2.38. The van der Waals surface area contributed by atoms with Crippen molar-refractivity contribution in [3.8, 4) is 0 Å². The van der Waals surface area contributed by atoms with E-state index in [1.54, 1.807) is 0 Å². The van der Waals surface area contributed by atoms with E-state index in [4.69, 9.17) is 0 Å². The molecule has 3 rings (SSSR count). The van der Waals surface area contributed by atoms with Gasteiger partial charge in [0.1, 0.15) is 6.04 Å². The molecule has 1 N–H and O–H groups in total. The quantitative estimate of drug-likeness (QED) is 0.871. The van der Waals surface area contributed by atoms with Gasteiger partial charge in [0.25, 0.3) is 5.91 Å². The molecular formula is C18H24N2O2. The van der Waals surface area contributed by atoms with Crippen LogP contribution in [0.3, 0.4) is 0 Å². The van der Waals surface area contributed by atoms with Gasteiger partial charge in [-0.3, -0.25) is 9.69 Å². The van der Waals surface area contributed by atoms with Crippen LogP contribution in [0.2, 0.25) is 0 Å². The van der Waals surface area contributed by atoms with E-state index in [9.17, 15) is 9.59 Å². The first-order chi connectivity index (χ1) is 10.6. The predicted molar refractivity (Wildman–Crippen MR) is 85.4 cm³/mol. The lowest BCUT2D eigenvalue weighted by atomic mass is 9.84. The topological polar surface area (TPSA) is 49.4 Å². The Morgan fingerprint density at radius 2 is 1.86 bits per heavy atom. The predicted octanol–water partition coefficient (Wildman–Crippen LogP) is 3.30. The highest BCUT2D eigenvalue weighted by Gasteiger charge is 2.42. The van der Waals surface area contributed by atoms with Crippen molar-refractivity contribution in [3.05, 3.63) is 34.9 Å². The number of imide groups is 1. The summed E-state index contributed by atoms with van der Waals surface area (Å²) in [6.45, 7) is 4.42. The number of aryl methyl sites for hydroxylation is 2. The second-order valence-corrected chi connectivity index (χ2v) is 6.68. The lowest BCUT2D eigenvalue weighted by molar-refractivity contribution is -0.129. The molecule has 22 heavy (non-hydrogen) atoms. The maximum Gasteiger partial charge on any atom is 0.325 e. The van der Waals surface area contributed by atoms with E-state index in [1.807, 2.05) is 19.9 Å². The minimum Gasteiger partial charge on any atom is -0.326 e. The number of carbonyl (C=O) groups excluding carboxylic acids is 2. The number of nitrogens with zero attached hydrogens (tertiary/aromatic N) is 1. The summed E-state index contributed by atoms with van der Waals surface area (Å²) in [6, 6.07) is 5.61. The van der Waals surface area contributed by atoms with E-state index in [2.05, 4.69) is 17.4 Å². The first-order valence-electron chi connectivity index (χ1n) is 8.24. The molecule has 118 valence electrons. The highest BCUT2D eigenvalue weighted by Crippen LogP contribution is 2.30. The molecule has 0 radical (unpaired) electrons. The summed E-state index contributed by atoms with van der Waals surface area (Å²) in [5, 5.41) is 2.92. The van der Waals surface area contributed by atoms with Gasteiger partial charge in [0, 0.05) is 0 Å². The van der Waals surface area contributed by atoms with E-state index in [0.717, 1.165) is 29.5 Å². The van der Waals surface area contributed by atoms with Gasteiger partial charge in [0.15, 0.2) is 0 Å². The monoisotopic (exact) mass is 300 g/mol. The molecule has 0 aromatic heterocycles. The molecule has 1 atom stereocenters. The number of amides is 3. The molecule has 0 spiro atoms. The highest BCUT2D eigenvalue weighted by atomic mass is 16.2. The van der Waals surface area contributed by atoms with Crippen LogP contribution in [-0.2, 0) is 11.3 Å². The smallest absolute Gasteiger partial charge is 0.325 e. The van der Waals surface area contributed by atoms with E-state index in [0.29, 0.717) is 12.5 Å². The van der Waals surface area contributed by atoms with Crippen molar-refractivity contribution in [2.24, 2.45) is 5.92 Å². The average Bonchev–Trinajstić information content (AvgIpc) is 2.80. The molecule has 4 nitrogen and oxygen atoms in total. The second kappa shape index (κ2) is 6.11. The van der Waals surface area contributed by atoms with Gasteiger partial charge in [-0.1, -0.05) is 43.0 Å². The molecule has 1 unspecified atom stereocenters. The first-order valence-corrected chi connectivity index (χ1v) is 8.24. The van der Waals surface area contributed by atoms with Crippen molar-refractivity contribution in [1.82, 2.24) is 10.2 Å². The number of nitrogens with one attached hydrogen (secondary N) is 1. The van der Waals surface area contributed by atoms with Gasteiger partial charge in [0.05, 0.1) is 6.54 Å². The summed E-state index contributed by atoms with van der Waals surface area (Å²) in [6.07, 6.45) is 5.68. The van der Waals surface area contributed by atoms with Gasteiger partial charge in [0.2, 0.25) is 0 Å². The second-order valence-electron chi connectivity index (χ2n) is 6.68. The minimum absolute atomic E-state index is 0.0437. The summed E-state index contributed by atoms with van der Waals surface area (Å²) < 4.78 is 0. The minimum atomic E-state index is -0.307. The van der Waals surface area contributed by atoms with E-state index in [1.165, 1.54) is 24.2 Å². The maximum atomic E-state index is 12.7. The third-order valence-electron chi connectivity index (χ3n) is 5.01. The summed E-state index contributed by atoms with van der Waals surface area (Å²) in [5.41, 5.74) is 3.32. The molecular weight excluding hydrogens is 276 g/mol. The third-order valence-corrected chi connectivity index (χ3v) is 5.01. The Labute approximate surface area is 131 Å². The Morgan fingerprint density at radius 1 is 1.14 bits per heavy atom. The highest BCUT2D eigenvalue weighted by molar-refractivity contribution is 6.04. The van der Waals surface area contributed by atoms with Crippen LogP contribution in [0.15, 0.2) is 18.2 Å². The zero-order valence-corrected chi connectivity index (χ0v) is 13.4. The van der Waals surface area contributed by atoms with Crippen molar-refractivity contribution in [2.45, 2.75) is 58.5 Å². The molecule has 1 saturated heterocycles. The van der Waals surface area contributed by atoms with Gasteiger partial charge < -0.3 is 5.32 Å². The third kappa shape index (κ3) is 2.87. The molecule has 3 amide bonds. The fourth-order valence-corrected chi connectivity index (χ4v) is 3.62. The van der Waals surface area contributed by atoms with Crippen LogP contribution in [0.25, 0.3) is 0 Å². The Bertz CT molecular complexity index is 591. The summed E-state index contributed by atoms with van der Waals surface area (Å²) >= 11 is 0. The van der Waals surface area contributed by atoms with E-state index >= 15 is 0 Å². The van der Waals surface area contributed by atoms with Crippen molar-refractivity contribution in [3.63, 3.8) is 0 Å². The molecule has 1 saturated carbocycles. The largest absolute Gasteiger partial charge is 0.326 e. The van der Waals surface area contributed by atoms with Crippen LogP contribution in [0.1, 0.15) is 48.8 Å². The van der Waals surface area contributed by atoms with Crippen LogP contribution in [0.5, 0.6) is 0 Å². The molecule has 2 aliphatic rings. The fourth-order valence-electron chi connectivity index (χ4n) is 3.62. The Morgan fingerprint density at radius 3 is 2.59 bits per heavy atom. The number of hydrogen-bond donors (Lipinski definition) is 1. The number of rotatable bonds is 3. The SMILES string of the molecule is Cc1ccc(C)c(CN2C(=O)NC(C3CCCCC3)C2=O)c1. The molecule has 2 fully saturated rings. The van der Waals surface area contributed by atoms with Crippen molar-refractivity contribution in [1.29, 1.82) is 0 Å². The Kier molecular flexibility index (Phi) is 4.19. The van der Waals surface area contributed by atoms with Gasteiger partial charge in [-0.25, -0.2) is 4.79 Å². The standard InChI is InChI=1S/C18H24N2O2/c1-12-8-9-13(2)15(10-12)11-20-17(21)16(19-18(20)22)14-6-4-3-5-7-14/h8-10,14,16H,3-7,11H2,1-2H3,(H,19,22). The van der Waals surface area contributed by atoms with Crippen LogP contribution < -0.4 is 5.32 Å². The first kappa shape index (κ1) is 15.1. The zero-order valence-electron chi connectivity index (χ0n) is 13.4. The van der Waals surface area contributed by atoms with E-state index in [-0.39, 0.29) is 18.0 Å². The molecule has 1 heterocycles. The maximum absolute atomic E-state index is 12.7. The summed E-state index contributed by atoms with van der Waals surface area (Å²) in [4.78, 5) is 26.3. The Balaban J connectivity index is 1.75.